The number of esters is 1. The minimum Gasteiger partial charge on any atom is -0.469 e. The van der Waals surface area contributed by atoms with Crippen molar-refractivity contribution in [2.24, 2.45) is 27.7 Å². The standard InChI is InChI=1S/C36H41F2N3O4/c1-6-23(24(7-2)18-39-22(4)41-19-25-12-13-26(20-41)33(25)35(43)44-5)14-15-27-16-21(3)32-29(17-30(42)34(32)40-27)28-10-8-9-11-31(28)45-36(37)38/h6-11,14-15,18,25-26,29-30,33,36,42H,3-4,12-13,16-17,19-20H2,1-2,5H3/b15-14-,23-6+,24-7-,39-18-/t25-,26+,29-,30-,33-/m0/s1. The van der Waals surface area contributed by atoms with Gasteiger partial charge in [0.1, 0.15) is 11.6 Å². The summed E-state index contributed by atoms with van der Waals surface area (Å²) in [7, 11) is 1.46. The molecule has 1 saturated carbocycles. The summed E-state index contributed by atoms with van der Waals surface area (Å²) in [5, 5.41) is 10.9. The number of halogens is 2. The molecule has 2 aliphatic heterocycles. The fourth-order valence-electron chi connectivity index (χ4n) is 7.27. The number of likely N-dealkylation sites (tertiary alicyclic amines) is 1. The van der Waals surface area contributed by atoms with E-state index in [1.54, 1.807) is 18.2 Å². The van der Waals surface area contributed by atoms with Crippen molar-refractivity contribution in [1.82, 2.24) is 4.90 Å². The van der Waals surface area contributed by atoms with Crippen LogP contribution in [-0.2, 0) is 9.53 Å². The number of methoxy groups -OCH3 is 1. The summed E-state index contributed by atoms with van der Waals surface area (Å²) in [6.07, 6.45) is 11.6. The molecule has 1 saturated heterocycles. The highest BCUT2D eigenvalue weighted by molar-refractivity contribution is 6.00. The molecule has 5 atom stereocenters. The Morgan fingerprint density at radius 2 is 1.84 bits per heavy atom. The summed E-state index contributed by atoms with van der Waals surface area (Å²) < 4.78 is 36.0. The Kier molecular flexibility index (Phi) is 9.97. The van der Waals surface area contributed by atoms with E-state index >= 15 is 0 Å². The number of rotatable bonds is 10. The number of alkyl halides is 2. The third-order valence-corrected chi connectivity index (χ3v) is 9.38. The summed E-state index contributed by atoms with van der Waals surface area (Å²) in [4.78, 5) is 23.9. The molecule has 7 nitrogen and oxygen atoms in total. The number of allylic oxidation sites excluding steroid dienone is 8. The van der Waals surface area contributed by atoms with E-state index in [1.807, 2.05) is 44.4 Å². The lowest BCUT2D eigenvalue weighted by Gasteiger charge is -2.37. The third kappa shape index (κ3) is 6.78. The van der Waals surface area contributed by atoms with E-state index in [1.165, 1.54) is 13.2 Å². The molecule has 1 aromatic rings. The molecule has 45 heavy (non-hydrogen) atoms. The monoisotopic (exact) mass is 617 g/mol. The number of carbonyl (C=O) groups excluding carboxylic acids is 1. The number of fused-ring (bicyclic) bond motifs is 2. The lowest BCUT2D eigenvalue weighted by atomic mass is 9.85. The molecule has 0 aromatic heterocycles. The molecule has 9 heteroatoms. The van der Waals surface area contributed by atoms with Gasteiger partial charge in [-0.25, -0.2) is 4.99 Å². The van der Waals surface area contributed by atoms with Crippen molar-refractivity contribution in [1.29, 1.82) is 0 Å². The fraction of sp³-hybridized carbons (Fsp3) is 0.417. The predicted octanol–water partition coefficient (Wildman–Crippen LogP) is 6.91. The Balaban J connectivity index is 1.29. The van der Waals surface area contributed by atoms with Crippen LogP contribution < -0.4 is 4.74 Å². The first kappa shape index (κ1) is 32.3. The van der Waals surface area contributed by atoms with Gasteiger partial charge in [-0.05, 0) is 79.4 Å². The van der Waals surface area contributed by atoms with Crippen LogP contribution in [0.3, 0.4) is 0 Å². The number of aliphatic hydroxyl groups is 1. The maximum atomic E-state index is 13.1. The molecule has 2 heterocycles. The lowest BCUT2D eigenvalue weighted by molar-refractivity contribution is -0.150. The molecule has 1 aromatic carbocycles. The molecular weight excluding hydrogens is 576 g/mol. The van der Waals surface area contributed by atoms with Gasteiger partial charge < -0.3 is 19.5 Å². The lowest BCUT2D eigenvalue weighted by Crippen LogP contribution is -2.44. The molecule has 4 aliphatic rings. The summed E-state index contributed by atoms with van der Waals surface area (Å²) in [6, 6.07) is 6.69. The first-order valence-electron chi connectivity index (χ1n) is 15.4. The second-order valence-electron chi connectivity index (χ2n) is 12.0. The zero-order valence-corrected chi connectivity index (χ0v) is 26.1. The van der Waals surface area contributed by atoms with Crippen LogP contribution in [0.4, 0.5) is 8.78 Å². The Morgan fingerprint density at radius 1 is 1.16 bits per heavy atom. The van der Waals surface area contributed by atoms with E-state index in [-0.39, 0.29) is 35.4 Å². The van der Waals surface area contributed by atoms with Gasteiger partial charge in [-0.1, -0.05) is 49.6 Å². The van der Waals surface area contributed by atoms with Crippen molar-refractivity contribution in [2.45, 2.75) is 58.2 Å². The second-order valence-corrected chi connectivity index (χ2v) is 12.0. The highest BCUT2D eigenvalue weighted by Gasteiger charge is 2.46. The fourth-order valence-corrected chi connectivity index (χ4v) is 7.27. The summed E-state index contributed by atoms with van der Waals surface area (Å²) >= 11 is 0. The quantitative estimate of drug-likeness (QED) is 0.175. The SMILES string of the molecule is C=C1CC(\C=C/C(=C\C)C(/C=N\C(=C)N2C[C@H]3CC[C@@H](C2)[C@@H]3C(=O)OC)=C\C)=NC2=C1[C@H](c1ccccc1OC(F)F)C[C@@H]2O. The van der Waals surface area contributed by atoms with Crippen LogP contribution in [0.1, 0.15) is 51.0 Å². The minimum absolute atomic E-state index is 0.0361. The van der Waals surface area contributed by atoms with Gasteiger partial charge in [-0.2, -0.15) is 8.78 Å². The maximum absolute atomic E-state index is 13.1. The average Bonchev–Trinajstić information content (AvgIpc) is 3.50. The first-order valence-corrected chi connectivity index (χ1v) is 15.4. The molecule has 1 N–H and O–H groups in total. The van der Waals surface area contributed by atoms with Crippen LogP contribution in [0.2, 0.25) is 0 Å². The van der Waals surface area contributed by atoms with Crippen molar-refractivity contribution in [2.75, 3.05) is 20.2 Å². The van der Waals surface area contributed by atoms with Crippen molar-refractivity contribution < 1.29 is 28.2 Å². The van der Waals surface area contributed by atoms with E-state index in [2.05, 4.69) is 18.1 Å². The van der Waals surface area contributed by atoms with Crippen LogP contribution >= 0.6 is 0 Å². The normalized spacial score (nSPS) is 27.1. The van der Waals surface area contributed by atoms with Crippen LogP contribution in [0, 0.1) is 17.8 Å². The summed E-state index contributed by atoms with van der Waals surface area (Å²) in [5.41, 5.74) is 5.30. The van der Waals surface area contributed by atoms with Crippen molar-refractivity contribution in [3.8, 4) is 5.75 Å². The average molecular weight is 618 g/mol. The number of hydrogen-bond donors (Lipinski definition) is 1. The van der Waals surface area contributed by atoms with Gasteiger partial charge in [0.25, 0.3) is 0 Å². The number of para-hydroxylation sites is 1. The smallest absolute Gasteiger partial charge is 0.387 e. The van der Waals surface area contributed by atoms with Crippen molar-refractivity contribution in [3.05, 3.63) is 101 Å². The number of nitrogens with zero attached hydrogens (tertiary/aromatic N) is 3. The molecular formula is C36H41F2N3O4. The summed E-state index contributed by atoms with van der Waals surface area (Å²) in [5.74, 6) is 0.808. The third-order valence-electron chi connectivity index (χ3n) is 9.38. The van der Waals surface area contributed by atoms with Crippen LogP contribution in [0.5, 0.6) is 5.75 Å². The van der Waals surface area contributed by atoms with E-state index in [0.717, 1.165) is 53.9 Å². The number of benzene rings is 1. The molecule has 2 fully saturated rings. The number of piperidine rings is 1. The molecule has 0 amide bonds. The molecule has 2 bridgehead atoms. The maximum Gasteiger partial charge on any atom is 0.387 e. The van der Waals surface area contributed by atoms with Crippen molar-refractivity contribution >= 4 is 17.9 Å². The Bertz CT molecular complexity index is 1520. The zero-order valence-electron chi connectivity index (χ0n) is 26.1. The van der Waals surface area contributed by atoms with Gasteiger partial charge in [-0.3, -0.25) is 9.79 Å². The van der Waals surface area contributed by atoms with Crippen molar-refractivity contribution in [3.63, 3.8) is 0 Å². The topological polar surface area (TPSA) is 83.7 Å². The molecule has 0 unspecified atom stereocenters. The number of ether oxygens (including phenoxy) is 2. The number of aliphatic hydroxyl groups excluding tert-OH is 1. The van der Waals surface area contributed by atoms with E-state index in [9.17, 15) is 18.7 Å². The highest BCUT2D eigenvalue weighted by atomic mass is 19.3. The number of carbonyl (C=O) groups is 1. The van der Waals surface area contributed by atoms with Gasteiger partial charge in [0, 0.05) is 42.9 Å². The molecule has 0 spiro atoms. The highest BCUT2D eigenvalue weighted by Crippen LogP contribution is 2.48. The van der Waals surface area contributed by atoms with E-state index in [0.29, 0.717) is 29.9 Å². The largest absolute Gasteiger partial charge is 0.469 e. The minimum atomic E-state index is -2.94. The van der Waals surface area contributed by atoms with Crippen LogP contribution in [-0.4, -0.2) is 60.8 Å². The first-order chi connectivity index (χ1) is 21.6. The zero-order chi connectivity index (χ0) is 32.2. The Hall–Kier alpha value is -4.11. The number of hydrogen-bond acceptors (Lipinski definition) is 7. The second kappa shape index (κ2) is 13.9. The van der Waals surface area contributed by atoms with E-state index < -0.39 is 12.7 Å². The Morgan fingerprint density at radius 3 is 2.49 bits per heavy atom. The van der Waals surface area contributed by atoms with Gasteiger partial charge in [0.05, 0.1) is 24.8 Å². The van der Waals surface area contributed by atoms with Crippen LogP contribution in [0.25, 0.3) is 0 Å². The predicted molar refractivity (Wildman–Crippen MR) is 172 cm³/mol. The molecule has 238 valence electrons. The molecule has 0 radical (unpaired) electrons. The molecule has 2 aliphatic carbocycles. The van der Waals surface area contributed by atoms with Crippen LogP contribution in [0.15, 0.2) is 106 Å². The Labute approximate surface area is 263 Å². The number of aliphatic imine (C=N–C) groups is 2. The summed E-state index contributed by atoms with van der Waals surface area (Å²) in [6.45, 7) is 10.9. The van der Waals surface area contributed by atoms with Gasteiger partial charge in [-0.15, -0.1) is 0 Å². The van der Waals surface area contributed by atoms with Gasteiger partial charge >= 0.3 is 12.6 Å². The van der Waals surface area contributed by atoms with E-state index in [4.69, 9.17) is 19.5 Å². The molecule has 5 rings (SSSR count). The van der Waals surface area contributed by atoms with Gasteiger partial charge in [0.2, 0.25) is 0 Å². The van der Waals surface area contributed by atoms with Gasteiger partial charge in [0.15, 0.2) is 0 Å².